The van der Waals surface area contributed by atoms with Gasteiger partial charge in [-0.15, -0.1) is 0 Å². The van der Waals surface area contributed by atoms with Crippen LogP contribution in [0.1, 0.15) is 24.8 Å². The Kier molecular flexibility index (Phi) is 5.86. The topological polar surface area (TPSA) is 54.0 Å². The van der Waals surface area contributed by atoms with Crippen LogP contribution in [0, 0.1) is 11.8 Å². The molecule has 0 radical (unpaired) electrons. The number of hydrogen-bond acceptors (Lipinski definition) is 5. The lowest BCUT2D eigenvalue weighted by atomic mass is 9.84. The van der Waals surface area contributed by atoms with E-state index >= 15 is 0 Å². The Labute approximate surface area is 154 Å². The van der Waals surface area contributed by atoms with E-state index in [1.54, 1.807) is 21.3 Å². The maximum atomic E-state index is 12.3. The number of cyclic esters (lactones) is 1. The van der Waals surface area contributed by atoms with Gasteiger partial charge in [0.05, 0.1) is 39.6 Å². The second-order valence-electron chi connectivity index (χ2n) is 6.73. The first-order valence-corrected chi connectivity index (χ1v) is 8.95. The molecule has 0 unspecified atom stereocenters. The Morgan fingerprint density at radius 3 is 2.62 bits per heavy atom. The standard InChI is InChI=1S/C21H26O5/c1-23-17-6-4-5-14(10-17)11-18-16(13-26-21(18)22)9-15-7-8-19(24-2)20(12-15)25-3/h5,7-8,10,12,16,18H,4,6,9,11,13H2,1-3H3/t16-,18+/m0/s1. The van der Waals surface area contributed by atoms with E-state index < -0.39 is 0 Å². The average Bonchev–Trinajstić information content (AvgIpc) is 3.01. The third-order valence-electron chi connectivity index (χ3n) is 5.12. The number of allylic oxidation sites excluding steroid dienone is 4. The van der Waals surface area contributed by atoms with Crippen LogP contribution in [0.15, 0.2) is 41.7 Å². The summed E-state index contributed by atoms with van der Waals surface area (Å²) in [4.78, 5) is 12.3. The van der Waals surface area contributed by atoms with Crippen molar-refractivity contribution in [1.29, 1.82) is 0 Å². The van der Waals surface area contributed by atoms with Crippen molar-refractivity contribution in [2.24, 2.45) is 11.8 Å². The molecule has 5 nitrogen and oxygen atoms in total. The highest BCUT2D eigenvalue weighted by molar-refractivity contribution is 5.75. The Hall–Kier alpha value is -2.43. The van der Waals surface area contributed by atoms with Gasteiger partial charge in [0.15, 0.2) is 11.5 Å². The molecule has 2 aliphatic rings. The largest absolute Gasteiger partial charge is 0.501 e. The molecule has 0 aromatic heterocycles. The van der Waals surface area contributed by atoms with Crippen molar-refractivity contribution in [3.63, 3.8) is 0 Å². The summed E-state index contributed by atoms with van der Waals surface area (Å²) in [5, 5.41) is 0. The number of rotatable bonds is 7. The molecular weight excluding hydrogens is 332 g/mol. The molecule has 140 valence electrons. The first-order chi connectivity index (χ1) is 12.6. The van der Waals surface area contributed by atoms with Gasteiger partial charge in [-0.05, 0) is 48.6 Å². The fourth-order valence-electron chi connectivity index (χ4n) is 3.66. The van der Waals surface area contributed by atoms with Crippen molar-refractivity contribution in [2.75, 3.05) is 27.9 Å². The van der Waals surface area contributed by atoms with Gasteiger partial charge in [-0.1, -0.05) is 12.1 Å². The van der Waals surface area contributed by atoms with E-state index in [0.717, 1.165) is 36.2 Å². The number of methoxy groups -OCH3 is 3. The zero-order chi connectivity index (χ0) is 18.5. The molecule has 2 atom stereocenters. The minimum absolute atomic E-state index is 0.102. The molecule has 26 heavy (non-hydrogen) atoms. The number of carbonyl (C=O) groups excluding carboxylic acids is 1. The predicted octanol–water partition coefficient (Wildman–Crippen LogP) is 3.68. The van der Waals surface area contributed by atoms with Gasteiger partial charge < -0.3 is 18.9 Å². The molecule has 3 rings (SSSR count). The fourth-order valence-corrected chi connectivity index (χ4v) is 3.66. The summed E-state index contributed by atoms with van der Waals surface area (Å²) in [7, 11) is 4.94. The van der Waals surface area contributed by atoms with Crippen molar-refractivity contribution in [3.8, 4) is 11.5 Å². The smallest absolute Gasteiger partial charge is 0.309 e. The van der Waals surface area contributed by atoms with Gasteiger partial charge in [0, 0.05) is 12.3 Å². The van der Waals surface area contributed by atoms with Gasteiger partial charge in [0.25, 0.3) is 0 Å². The molecule has 1 aliphatic heterocycles. The number of ether oxygens (including phenoxy) is 4. The van der Waals surface area contributed by atoms with E-state index in [9.17, 15) is 4.79 Å². The molecule has 0 amide bonds. The lowest BCUT2D eigenvalue weighted by Gasteiger charge is -2.19. The average molecular weight is 358 g/mol. The molecule has 0 N–H and O–H groups in total. The van der Waals surface area contributed by atoms with Crippen molar-refractivity contribution < 1.29 is 23.7 Å². The van der Waals surface area contributed by atoms with E-state index in [0.29, 0.717) is 24.5 Å². The van der Waals surface area contributed by atoms with Crippen LogP contribution in [-0.4, -0.2) is 33.9 Å². The van der Waals surface area contributed by atoms with E-state index in [2.05, 4.69) is 12.2 Å². The Morgan fingerprint density at radius 1 is 1.08 bits per heavy atom. The van der Waals surface area contributed by atoms with E-state index in [-0.39, 0.29) is 17.8 Å². The summed E-state index contributed by atoms with van der Waals surface area (Å²) in [6.07, 6.45) is 7.60. The van der Waals surface area contributed by atoms with Gasteiger partial charge >= 0.3 is 5.97 Å². The van der Waals surface area contributed by atoms with Crippen LogP contribution in [0.4, 0.5) is 0 Å². The van der Waals surface area contributed by atoms with E-state index in [1.807, 2.05) is 18.2 Å². The summed E-state index contributed by atoms with van der Waals surface area (Å²) >= 11 is 0. The number of hydrogen-bond donors (Lipinski definition) is 0. The normalized spacial score (nSPS) is 22.3. The van der Waals surface area contributed by atoms with Crippen LogP contribution in [0.3, 0.4) is 0 Å². The minimum Gasteiger partial charge on any atom is -0.501 e. The zero-order valence-electron chi connectivity index (χ0n) is 15.6. The summed E-state index contributed by atoms with van der Waals surface area (Å²) in [5.41, 5.74) is 2.27. The van der Waals surface area contributed by atoms with Crippen molar-refractivity contribution in [2.45, 2.75) is 25.7 Å². The highest BCUT2D eigenvalue weighted by Gasteiger charge is 2.37. The quantitative estimate of drug-likeness (QED) is 0.696. The van der Waals surface area contributed by atoms with E-state index in [1.165, 1.54) is 0 Å². The van der Waals surface area contributed by atoms with Crippen molar-refractivity contribution in [1.82, 2.24) is 0 Å². The maximum Gasteiger partial charge on any atom is 0.309 e. The summed E-state index contributed by atoms with van der Waals surface area (Å²) < 4.78 is 21.4. The molecule has 1 aliphatic carbocycles. The number of esters is 1. The van der Waals surface area contributed by atoms with Crippen molar-refractivity contribution >= 4 is 5.97 Å². The van der Waals surface area contributed by atoms with Crippen LogP contribution in [0.5, 0.6) is 11.5 Å². The molecule has 0 saturated carbocycles. The fraction of sp³-hybridized carbons (Fsp3) is 0.476. The number of carbonyl (C=O) groups is 1. The molecule has 1 aromatic rings. The van der Waals surface area contributed by atoms with Gasteiger partial charge in [0.1, 0.15) is 0 Å². The summed E-state index contributed by atoms with van der Waals surface area (Å²) in [5.74, 6) is 2.31. The lowest BCUT2D eigenvalue weighted by molar-refractivity contribution is -0.141. The molecule has 1 saturated heterocycles. The summed E-state index contributed by atoms with van der Waals surface area (Å²) in [6.45, 7) is 0.464. The number of benzene rings is 1. The van der Waals surface area contributed by atoms with Gasteiger partial charge in [-0.3, -0.25) is 4.79 Å². The minimum atomic E-state index is -0.123. The molecule has 0 bridgehead atoms. The molecule has 5 heteroatoms. The highest BCUT2D eigenvalue weighted by Crippen LogP contribution is 2.35. The Bertz CT molecular complexity index is 719. The molecule has 1 fully saturated rings. The van der Waals surface area contributed by atoms with E-state index in [4.69, 9.17) is 18.9 Å². The Morgan fingerprint density at radius 2 is 1.88 bits per heavy atom. The predicted molar refractivity (Wildman–Crippen MR) is 98.2 cm³/mol. The third kappa shape index (κ3) is 4.03. The lowest BCUT2D eigenvalue weighted by Crippen LogP contribution is -2.19. The Balaban J connectivity index is 1.72. The zero-order valence-corrected chi connectivity index (χ0v) is 15.6. The second kappa shape index (κ2) is 8.30. The van der Waals surface area contributed by atoms with Gasteiger partial charge in [0.2, 0.25) is 0 Å². The van der Waals surface area contributed by atoms with Crippen LogP contribution >= 0.6 is 0 Å². The summed E-state index contributed by atoms with van der Waals surface area (Å²) in [6, 6.07) is 5.89. The van der Waals surface area contributed by atoms with Crippen molar-refractivity contribution in [3.05, 3.63) is 47.2 Å². The molecular formula is C21H26O5. The van der Waals surface area contributed by atoms with Crippen LogP contribution in [0.2, 0.25) is 0 Å². The monoisotopic (exact) mass is 358 g/mol. The SMILES string of the molecule is COC1=CC(C[C@H]2C(=O)OC[C@@H]2Cc2ccc(OC)c(OC)c2)=CCC1. The second-order valence-corrected chi connectivity index (χ2v) is 6.73. The first-order valence-electron chi connectivity index (χ1n) is 8.95. The molecule has 0 spiro atoms. The van der Waals surface area contributed by atoms with Crippen LogP contribution < -0.4 is 9.47 Å². The third-order valence-corrected chi connectivity index (χ3v) is 5.12. The van der Waals surface area contributed by atoms with Crippen LogP contribution in [-0.2, 0) is 20.7 Å². The maximum absolute atomic E-state index is 12.3. The van der Waals surface area contributed by atoms with Gasteiger partial charge in [-0.25, -0.2) is 0 Å². The van der Waals surface area contributed by atoms with Gasteiger partial charge in [-0.2, -0.15) is 0 Å². The first kappa shape index (κ1) is 18.4. The highest BCUT2D eigenvalue weighted by atomic mass is 16.5. The molecule has 1 aromatic carbocycles. The van der Waals surface area contributed by atoms with Crippen LogP contribution in [0.25, 0.3) is 0 Å². The molecule has 1 heterocycles.